The summed E-state index contributed by atoms with van der Waals surface area (Å²) in [6.45, 7) is 0. The highest BCUT2D eigenvalue weighted by Crippen LogP contribution is 2.23. The van der Waals surface area contributed by atoms with E-state index in [4.69, 9.17) is 17.0 Å². The number of rotatable bonds is 2. The van der Waals surface area contributed by atoms with Crippen molar-refractivity contribution in [3.8, 4) is 10.6 Å². The second kappa shape index (κ2) is 3.86. The van der Waals surface area contributed by atoms with Gasteiger partial charge in [0.25, 0.3) is 0 Å². The van der Waals surface area contributed by atoms with Crippen molar-refractivity contribution in [2.75, 3.05) is 0 Å². The first kappa shape index (κ1) is 9.30. The lowest BCUT2D eigenvalue weighted by atomic mass is 10.1. The molecule has 0 spiro atoms. The van der Waals surface area contributed by atoms with Crippen LogP contribution in [0.3, 0.4) is 0 Å². The SMILES string of the molecule is N=Cc1cccc(-c2nc(Cl)ns2)c1. The third-order valence-corrected chi connectivity index (χ3v) is 2.73. The lowest BCUT2D eigenvalue weighted by Gasteiger charge is -1.95. The maximum Gasteiger partial charge on any atom is 0.234 e. The molecule has 5 heteroatoms. The summed E-state index contributed by atoms with van der Waals surface area (Å²) in [5.74, 6) is 0. The number of aromatic nitrogens is 2. The van der Waals surface area contributed by atoms with Gasteiger partial charge in [0.2, 0.25) is 5.28 Å². The van der Waals surface area contributed by atoms with Crippen molar-refractivity contribution in [2.24, 2.45) is 0 Å². The van der Waals surface area contributed by atoms with E-state index in [-0.39, 0.29) is 5.28 Å². The van der Waals surface area contributed by atoms with Crippen LogP contribution in [0.25, 0.3) is 10.6 Å². The molecule has 0 fully saturated rings. The highest BCUT2D eigenvalue weighted by Gasteiger charge is 2.04. The minimum Gasteiger partial charge on any atom is -0.308 e. The monoisotopic (exact) mass is 223 g/mol. The van der Waals surface area contributed by atoms with Gasteiger partial charge in [-0.15, -0.1) is 0 Å². The summed E-state index contributed by atoms with van der Waals surface area (Å²) >= 11 is 6.88. The molecule has 0 aliphatic heterocycles. The summed E-state index contributed by atoms with van der Waals surface area (Å²) in [6.07, 6.45) is 1.30. The topological polar surface area (TPSA) is 49.6 Å². The fraction of sp³-hybridized carbons (Fsp3) is 0. The predicted octanol–water partition coefficient (Wildman–Crippen LogP) is 2.86. The molecule has 3 nitrogen and oxygen atoms in total. The minimum atomic E-state index is 0.269. The third kappa shape index (κ3) is 1.81. The maximum atomic E-state index is 7.12. The molecule has 2 aromatic rings. The first-order chi connectivity index (χ1) is 6.79. The first-order valence-electron chi connectivity index (χ1n) is 3.90. The molecule has 0 amide bonds. The van der Waals surface area contributed by atoms with Crippen LogP contribution in [0.15, 0.2) is 24.3 Å². The van der Waals surface area contributed by atoms with Gasteiger partial charge in [0.05, 0.1) is 0 Å². The Labute approximate surface area is 90.1 Å². The van der Waals surface area contributed by atoms with Gasteiger partial charge in [-0.25, -0.2) is 4.98 Å². The van der Waals surface area contributed by atoms with E-state index < -0.39 is 0 Å². The maximum absolute atomic E-state index is 7.12. The van der Waals surface area contributed by atoms with Crippen molar-refractivity contribution in [2.45, 2.75) is 0 Å². The van der Waals surface area contributed by atoms with E-state index >= 15 is 0 Å². The van der Waals surface area contributed by atoms with Gasteiger partial charge in [-0.1, -0.05) is 18.2 Å². The molecule has 2 rings (SSSR count). The van der Waals surface area contributed by atoms with Crippen LogP contribution in [0.4, 0.5) is 0 Å². The largest absolute Gasteiger partial charge is 0.308 e. The van der Waals surface area contributed by atoms with Crippen molar-refractivity contribution in [1.29, 1.82) is 5.41 Å². The summed E-state index contributed by atoms with van der Waals surface area (Å²) in [7, 11) is 0. The zero-order valence-electron chi connectivity index (χ0n) is 7.07. The molecule has 0 aliphatic carbocycles. The molecule has 0 saturated carbocycles. The van der Waals surface area contributed by atoms with Gasteiger partial charge in [-0.05, 0) is 34.8 Å². The van der Waals surface area contributed by atoms with E-state index in [1.807, 2.05) is 24.3 Å². The van der Waals surface area contributed by atoms with Crippen molar-refractivity contribution < 1.29 is 0 Å². The first-order valence-corrected chi connectivity index (χ1v) is 5.05. The Morgan fingerprint density at radius 2 is 2.29 bits per heavy atom. The van der Waals surface area contributed by atoms with E-state index in [9.17, 15) is 0 Å². The molecule has 70 valence electrons. The summed E-state index contributed by atoms with van der Waals surface area (Å²) in [5, 5.41) is 8.17. The van der Waals surface area contributed by atoms with Crippen LogP contribution >= 0.6 is 23.1 Å². The van der Waals surface area contributed by atoms with Gasteiger partial charge in [0.15, 0.2) is 0 Å². The molecule has 1 aromatic carbocycles. The molecule has 0 bridgehead atoms. The summed E-state index contributed by atoms with van der Waals surface area (Å²) < 4.78 is 3.89. The highest BCUT2D eigenvalue weighted by atomic mass is 35.5. The Morgan fingerprint density at radius 1 is 1.43 bits per heavy atom. The van der Waals surface area contributed by atoms with Crippen molar-refractivity contribution >= 4 is 29.3 Å². The Bertz CT molecular complexity index is 467. The van der Waals surface area contributed by atoms with Crippen LogP contribution in [-0.4, -0.2) is 15.6 Å². The number of halogens is 1. The van der Waals surface area contributed by atoms with Gasteiger partial charge in [-0.2, -0.15) is 4.37 Å². The molecular weight excluding hydrogens is 218 g/mol. The zero-order valence-corrected chi connectivity index (χ0v) is 8.64. The van der Waals surface area contributed by atoms with Crippen LogP contribution in [0.5, 0.6) is 0 Å². The molecule has 0 unspecified atom stereocenters. The Hall–Kier alpha value is -1.26. The van der Waals surface area contributed by atoms with Gasteiger partial charge in [-0.3, -0.25) is 0 Å². The number of benzene rings is 1. The van der Waals surface area contributed by atoms with Gasteiger partial charge in [0, 0.05) is 11.8 Å². The van der Waals surface area contributed by atoms with Gasteiger partial charge >= 0.3 is 0 Å². The van der Waals surface area contributed by atoms with Crippen LogP contribution in [0.2, 0.25) is 5.28 Å². The molecule has 0 aliphatic rings. The van der Waals surface area contributed by atoms with Crippen LogP contribution in [0, 0.1) is 5.41 Å². The lowest BCUT2D eigenvalue weighted by molar-refractivity contribution is 1.33. The average molecular weight is 224 g/mol. The molecule has 0 radical (unpaired) electrons. The molecule has 0 saturated heterocycles. The van der Waals surface area contributed by atoms with E-state index in [2.05, 4.69) is 9.36 Å². The quantitative estimate of drug-likeness (QED) is 0.796. The number of hydrogen-bond acceptors (Lipinski definition) is 4. The predicted molar refractivity (Wildman–Crippen MR) is 58.2 cm³/mol. The van der Waals surface area contributed by atoms with Gasteiger partial charge in [0.1, 0.15) is 5.01 Å². The van der Waals surface area contributed by atoms with Crippen LogP contribution < -0.4 is 0 Å². The second-order valence-corrected chi connectivity index (χ2v) is 3.73. The number of nitrogens with zero attached hydrogens (tertiary/aromatic N) is 2. The standard InChI is InChI=1S/C9H6ClN3S/c10-9-12-8(14-13-9)7-3-1-2-6(4-7)5-11/h1-5,11H. The molecular formula is C9H6ClN3S. The van der Waals surface area contributed by atoms with Gasteiger partial charge < -0.3 is 5.41 Å². The lowest BCUT2D eigenvalue weighted by Crippen LogP contribution is -1.81. The molecule has 1 heterocycles. The van der Waals surface area contributed by atoms with Crippen LogP contribution in [0.1, 0.15) is 5.56 Å². The summed E-state index contributed by atoms with van der Waals surface area (Å²) in [6, 6.07) is 7.54. The fourth-order valence-electron chi connectivity index (χ4n) is 1.08. The smallest absolute Gasteiger partial charge is 0.234 e. The number of hydrogen-bond donors (Lipinski definition) is 1. The van der Waals surface area contributed by atoms with Crippen molar-refractivity contribution in [3.63, 3.8) is 0 Å². The van der Waals surface area contributed by atoms with E-state index in [0.717, 1.165) is 16.1 Å². The normalized spacial score (nSPS) is 10.1. The molecule has 1 N–H and O–H groups in total. The Morgan fingerprint density at radius 3 is 2.93 bits per heavy atom. The highest BCUT2D eigenvalue weighted by molar-refractivity contribution is 7.09. The summed E-state index contributed by atoms with van der Waals surface area (Å²) in [5.41, 5.74) is 1.78. The zero-order chi connectivity index (χ0) is 9.97. The number of nitrogens with one attached hydrogen (secondary N) is 1. The van der Waals surface area contributed by atoms with E-state index in [0.29, 0.717) is 0 Å². The molecule has 1 aromatic heterocycles. The minimum absolute atomic E-state index is 0.269. The second-order valence-electron chi connectivity index (χ2n) is 2.64. The van der Waals surface area contributed by atoms with E-state index in [1.54, 1.807) is 0 Å². The van der Waals surface area contributed by atoms with E-state index in [1.165, 1.54) is 17.7 Å². The van der Waals surface area contributed by atoms with Crippen molar-refractivity contribution in [1.82, 2.24) is 9.36 Å². The Kier molecular flexibility index (Phi) is 2.56. The molecule has 0 atom stereocenters. The molecule has 14 heavy (non-hydrogen) atoms. The Balaban J connectivity index is 2.46. The van der Waals surface area contributed by atoms with Crippen molar-refractivity contribution in [3.05, 3.63) is 35.1 Å². The average Bonchev–Trinajstić information content (AvgIpc) is 2.65. The third-order valence-electron chi connectivity index (χ3n) is 1.70. The fourth-order valence-corrected chi connectivity index (χ4v) is 1.88. The summed E-state index contributed by atoms with van der Waals surface area (Å²) in [4.78, 5) is 4.05. The van der Waals surface area contributed by atoms with Crippen LogP contribution in [-0.2, 0) is 0 Å².